The van der Waals surface area contributed by atoms with Crippen LogP contribution in [-0.2, 0) is 6.42 Å². The Labute approximate surface area is 116 Å². The van der Waals surface area contributed by atoms with E-state index in [4.69, 9.17) is 17.3 Å². The highest BCUT2D eigenvalue weighted by atomic mass is 35.5. The Morgan fingerprint density at radius 3 is 2.63 bits per heavy atom. The average Bonchev–Trinajstić information content (AvgIpc) is 2.88. The molecule has 0 bridgehead atoms. The summed E-state index contributed by atoms with van der Waals surface area (Å²) in [7, 11) is 0. The van der Waals surface area contributed by atoms with Gasteiger partial charge in [-0.2, -0.15) is 0 Å². The van der Waals surface area contributed by atoms with Gasteiger partial charge in [-0.3, -0.25) is 0 Å². The molecule has 0 saturated carbocycles. The zero-order chi connectivity index (χ0) is 13.4. The molecule has 19 heavy (non-hydrogen) atoms. The van der Waals surface area contributed by atoms with Gasteiger partial charge in [-0.1, -0.05) is 42.8 Å². The van der Waals surface area contributed by atoms with Crippen molar-refractivity contribution in [1.29, 1.82) is 0 Å². The number of hydrogen-bond donors (Lipinski definition) is 1. The van der Waals surface area contributed by atoms with Gasteiger partial charge in [-0.25, -0.2) is 4.98 Å². The van der Waals surface area contributed by atoms with E-state index in [1.54, 1.807) is 6.07 Å². The molecule has 96 valence electrons. The molecule has 2 heterocycles. The van der Waals surface area contributed by atoms with Crippen LogP contribution in [-0.4, -0.2) is 9.38 Å². The summed E-state index contributed by atoms with van der Waals surface area (Å²) in [6.07, 6.45) is 4.86. The lowest BCUT2D eigenvalue weighted by molar-refractivity contribution is 1.14. The Morgan fingerprint density at radius 1 is 1.21 bits per heavy atom. The predicted octanol–water partition coefficient (Wildman–Crippen LogP) is 3.80. The van der Waals surface area contributed by atoms with Crippen molar-refractivity contribution in [2.45, 2.75) is 13.3 Å². The van der Waals surface area contributed by atoms with Gasteiger partial charge in [0.25, 0.3) is 0 Å². The van der Waals surface area contributed by atoms with Crippen molar-refractivity contribution >= 4 is 22.9 Å². The first-order chi connectivity index (χ1) is 9.19. The largest absolute Gasteiger partial charge is 0.394 e. The van der Waals surface area contributed by atoms with Crippen molar-refractivity contribution in [2.75, 3.05) is 5.73 Å². The molecule has 0 saturated heterocycles. The number of nitrogens with two attached hydrogens (primary N) is 1. The Kier molecular flexibility index (Phi) is 2.91. The number of pyridine rings is 1. The molecule has 0 aliphatic heterocycles. The molecule has 3 rings (SSSR count). The molecule has 0 spiro atoms. The lowest BCUT2D eigenvalue weighted by atomic mass is 10.1. The molecule has 0 aliphatic carbocycles. The molecule has 0 unspecified atom stereocenters. The number of rotatable bonds is 2. The molecule has 2 aromatic heterocycles. The molecule has 0 atom stereocenters. The quantitative estimate of drug-likeness (QED) is 0.770. The number of benzene rings is 1. The molecule has 0 amide bonds. The number of imidazole rings is 1. The van der Waals surface area contributed by atoms with Crippen molar-refractivity contribution in [1.82, 2.24) is 9.38 Å². The Balaban J connectivity index is 2.12. The summed E-state index contributed by atoms with van der Waals surface area (Å²) in [5, 5.41) is 0.533. The van der Waals surface area contributed by atoms with Crippen molar-refractivity contribution in [2.24, 2.45) is 0 Å². The van der Waals surface area contributed by atoms with Crippen molar-refractivity contribution < 1.29 is 0 Å². The molecule has 1 aromatic carbocycles. The van der Waals surface area contributed by atoms with Crippen LogP contribution in [0.3, 0.4) is 0 Å². The van der Waals surface area contributed by atoms with Gasteiger partial charge in [0.2, 0.25) is 0 Å². The maximum atomic E-state index is 6.00. The minimum absolute atomic E-state index is 0.514. The van der Waals surface area contributed by atoms with Gasteiger partial charge in [-0.15, -0.1) is 0 Å². The number of hydrogen-bond acceptors (Lipinski definition) is 2. The van der Waals surface area contributed by atoms with Crippen LogP contribution in [0, 0.1) is 0 Å². The van der Waals surface area contributed by atoms with E-state index < -0.39 is 0 Å². The third-order valence-corrected chi connectivity index (χ3v) is 3.60. The van der Waals surface area contributed by atoms with Crippen LogP contribution in [0.5, 0.6) is 0 Å². The number of aryl methyl sites for hydroxylation is 1. The van der Waals surface area contributed by atoms with Gasteiger partial charge in [0.1, 0.15) is 0 Å². The number of anilines is 1. The summed E-state index contributed by atoms with van der Waals surface area (Å²) in [6, 6.07) is 10.2. The molecule has 0 aliphatic rings. The summed E-state index contributed by atoms with van der Waals surface area (Å²) in [5.41, 5.74) is 10.4. The fourth-order valence-electron chi connectivity index (χ4n) is 2.10. The topological polar surface area (TPSA) is 43.3 Å². The lowest BCUT2D eigenvalue weighted by Crippen LogP contribution is -1.92. The fraction of sp³-hybridized carbons (Fsp3) is 0.133. The third kappa shape index (κ3) is 2.06. The van der Waals surface area contributed by atoms with Crippen LogP contribution in [0.4, 0.5) is 5.69 Å². The molecule has 0 fully saturated rings. The molecule has 3 nitrogen and oxygen atoms in total. The standard InChI is InChI=1S/C15H14ClN3/c1-2-10-3-5-11(6-4-10)13-9-19-8-7-12(16)14(17)15(19)18-13/h3-9H,2,17H2,1H3. The van der Waals surface area contributed by atoms with Gasteiger partial charge >= 0.3 is 0 Å². The second-order valence-corrected chi connectivity index (χ2v) is 4.89. The van der Waals surface area contributed by atoms with Crippen LogP contribution >= 0.6 is 11.6 Å². The monoisotopic (exact) mass is 271 g/mol. The first-order valence-electron chi connectivity index (χ1n) is 6.21. The second kappa shape index (κ2) is 4.59. The molecule has 2 N–H and O–H groups in total. The number of nitrogens with zero attached hydrogens (tertiary/aromatic N) is 2. The van der Waals surface area contributed by atoms with Gasteiger partial charge < -0.3 is 10.1 Å². The minimum Gasteiger partial charge on any atom is -0.394 e. The molecular weight excluding hydrogens is 258 g/mol. The van der Waals surface area contributed by atoms with Gasteiger partial charge in [-0.05, 0) is 18.1 Å². The highest BCUT2D eigenvalue weighted by Gasteiger charge is 2.08. The molecule has 0 radical (unpaired) electrons. The normalized spacial score (nSPS) is 11.1. The van der Waals surface area contributed by atoms with E-state index in [1.807, 2.05) is 16.8 Å². The van der Waals surface area contributed by atoms with Crippen LogP contribution < -0.4 is 5.73 Å². The Hall–Kier alpha value is -2.00. The van der Waals surface area contributed by atoms with Crippen molar-refractivity contribution in [3.8, 4) is 11.3 Å². The zero-order valence-electron chi connectivity index (χ0n) is 10.6. The van der Waals surface area contributed by atoms with E-state index >= 15 is 0 Å². The zero-order valence-corrected chi connectivity index (χ0v) is 11.4. The average molecular weight is 272 g/mol. The van der Waals surface area contributed by atoms with E-state index in [0.29, 0.717) is 16.4 Å². The molecule has 4 heteroatoms. The van der Waals surface area contributed by atoms with E-state index in [2.05, 4.69) is 36.2 Å². The van der Waals surface area contributed by atoms with E-state index in [-0.39, 0.29) is 0 Å². The van der Waals surface area contributed by atoms with Gasteiger partial charge in [0, 0.05) is 18.0 Å². The first-order valence-corrected chi connectivity index (χ1v) is 6.59. The molecular formula is C15H14ClN3. The number of aromatic nitrogens is 2. The smallest absolute Gasteiger partial charge is 0.162 e. The number of nitrogen functional groups attached to an aromatic ring is 1. The van der Waals surface area contributed by atoms with Crippen LogP contribution in [0.2, 0.25) is 5.02 Å². The van der Waals surface area contributed by atoms with E-state index in [9.17, 15) is 0 Å². The Bertz CT molecular complexity index is 729. The summed E-state index contributed by atoms with van der Waals surface area (Å²) >= 11 is 6.00. The van der Waals surface area contributed by atoms with Crippen molar-refractivity contribution in [3.63, 3.8) is 0 Å². The first kappa shape index (κ1) is 12.1. The Morgan fingerprint density at radius 2 is 1.95 bits per heavy atom. The van der Waals surface area contributed by atoms with Crippen LogP contribution in [0.15, 0.2) is 42.7 Å². The molecule has 3 aromatic rings. The lowest BCUT2D eigenvalue weighted by Gasteiger charge is -1.99. The highest BCUT2D eigenvalue weighted by Crippen LogP contribution is 2.26. The van der Waals surface area contributed by atoms with E-state index in [1.165, 1.54) is 5.56 Å². The number of halogens is 1. The second-order valence-electron chi connectivity index (χ2n) is 4.48. The SMILES string of the molecule is CCc1ccc(-c2cn3ccc(Cl)c(N)c3n2)cc1. The van der Waals surface area contributed by atoms with Crippen LogP contribution in [0.25, 0.3) is 16.9 Å². The highest BCUT2D eigenvalue weighted by molar-refractivity contribution is 6.33. The minimum atomic E-state index is 0.514. The van der Waals surface area contributed by atoms with Gasteiger partial charge in [0.05, 0.1) is 16.4 Å². The van der Waals surface area contributed by atoms with Crippen molar-refractivity contribution in [3.05, 3.63) is 53.3 Å². The summed E-state index contributed by atoms with van der Waals surface area (Å²) in [6.45, 7) is 2.14. The fourth-order valence-corrected chi connectivity index (χ4v) is 2.24. The summed E-state index contributed by atoms with van der Waals surface area (Å²) < 4.78 is 1.89. The van der Waals surface area contributed by atoms with E-state index in [0.717, 1.165) is 17.7 Å². The summed E-state index contributed by atoms with van der Waals surface area (Å²) in [4.78, 5) is 4.55. The summed E-state index contributed by atoms with van der Waals surface area (Å²) in [5.74, 6) is 0. The number of fused-ring (bicyclic) bond motifs is 1. The maximum absolute atomic E-state index is 6.00. The predicted molar refractivity (Wildman–Crippen MR) is 79.4 cm³/mol. The maximum Gasteiger partial charge on any atom is 0.162 e. The third-order valence-electron chi connectivity index (χ3n) is 3.27. The van der Waals surface area contributed by atoms with Gasteiger partial charge in [0.15, 0.2) is 5.65 Å². The van der Waals surface area contributed by atoms with Crippen LogP contribution in [0.1, 0.15) is 12.5 Å².